The fourth-order valence-electron chi connectivity index (χ4n) is 2.24. The molecule has 2 aromatic carbocycles. The molecule has 0 saturated carbocycles. The largest absolute Gasteiger partial charge is 0.271 e. The molecule has 1 atom stereocenters. The maximum atomic E-state index is 13.7. The van der Waals surface area contributed by atoms with E-state index in [0.29, 0.717) is 17.0 Å². The molecule has 0 aliphatic carbocycles. The molecule has 2 aromatic rings. The van der Waals surface area contributed by atoms with Gasteiger partial charge < -0.3 is 0 Å². The summed E-state index contributed by atoms with van der Waals surface area (Å²) < 4.78 is 26.9. The number of hydrogen-bond donors (Lipinski definition) is 2. The Morgan fingerprint density at radius 2 is 1.86 bits per heavy atom. The Bertz CT molecular complexity index is 632. The van der Waals surface area contributed by atoms with Crippen LogP contribution in [0.1, 0.15) is 16.7 Å². The van der Waals surface area contributed by atoms with Crippen molar-refractivity contribution < 1.29 is 8.78 Å². The summed E-state index contributed by atoms with van der Waals surface area (Å²) in [6.07, 6.45) is 0.815. The van der Waals surface area contributed by atoms with Crippen LogP contribution in [-0.4, -0.2) is 6.04 Å². The van der Waals surface area contributed by atoms with Gasteiger partial charge >= 0.3 is 0 Å². The molecule has 112 valence electrons. The fourth-order valence-corrected chi connectivity index (χ4v) is 2.56. The molecule has 0 fully saturated rings. The predicted molar refractivity (Wildman–Crippen MR) is 81.1 cm³/mol. The van der Waals surface area contributed by atoms with Crippen LogP contribution in [0.25, 0.3) is 0 Å². The van der Waals surface area contributed by atoms with Gasteiger partial charge in [-0.1, -0.05) is 35.9 Å². The summed E-state index contributed by atoms with van der Waals surface area (Å²) in [5.41, 5.74) is 4.92. The third kappa shape index (κ3) is 4.00. The van der Waals surface area contributed by atoms with Crippen LogP contribution in [0.2, 0.25) is 5.02 Å². The van der Waals surface area contributed by atoms with Crippen molar-refractivity contribution in [1.82, 2.24) is 5.43 Å². The molecule has 2 rings (SSSR count). The lowest BCUT2D eigenvalue weighted by atomic mass is 9.98. The Hall–Kier alpha value is -1.49. The molecular weight excluding hydrogens is 294 g/mol. The minimum atomic E-state index is -0.850. The van der Waals surface area contributed by atoms with E-state index in [4.69, 9.17) is 17.4 Å². The SMILES string of the molecule is Cc1ccc(CC(Cc2cccc(F)c2F)NN)c(Cl)c1. The first-order valence-electron chi connectivity index (χ1n) is 6.65. The topological polar surface area (TPSA) is 38.0 Å². The van der Waals surface area contributed by atoms with Crippen LogP contribution in [0.4, 0.5) is 8.78 Å². The van der Waals surface area contributed by atoms with Crippen LogP contribution in [0.3, 0.4) is 0 Å². The van der Waals surface area contributed by atoms with Crippen LogP contribution in [0.5, 0.6) is 0 Å². The van der Waals surface area contributed by atoms with Gasteiger partial charge in [0.2, 0.25) is 0 Å². The number of halogens is 3. The van der Waals surface area contributed by atoms with Gasteiger partial charge in [-0.2, -0.15) is 0 Å². The summed E-state index contributed by atoms with van der Waals surface area (Å²) in [6, 6.07) is 9.65. The van der Waals surface area contributed by atoms with Gasteiger partial charge in [0, 0.05) is 11.1 Å². The van der Waals surface area contributed by atoms with E-state index in [1.807, 2.05) is 25.1 Å². The van der Waals surface area contributed by atoms with Crippen LogP contribution in [0, 0.1) is 18.6 Å². The highest BCUT2D eigenvalue weighted by Gasteiger charge is 2.15. The molecule has 0 aromatic heterocycles. The van der Waals surface area contributed by atoms with Crippen molar-refractivity contribution >= 4 is 11.6 Å². The molecule has 1 unspecified atom stereocenters. The zero-order valence-corrected chi connectivity index (χ0v) is 12.4. The van der Waals surface area contributed by atoms with E-state index in [-0.39, 0.29) is 12.5 Å². The Labute approximate surface area is 127 Å². The second kappa shape index (κ2) is 6.98. The van der Waals surface area contributed by atoms with Crippen LogP contribution in [-0.2, 0) is 12.8 Å². The van der Waals surface area contributed by atoms with Crippen LogP contribution in [0.15, 0.2) is 36.4 Å². The molecule has 2 nitrogen and oxygen atoms in total. The van der Waals surface area contributed by atoms with Gasteiger partial charge in [-0.3, -0.25) is 11.3 Å². The van der Waals surface area contributed by atoms with Crippen molar-refractivity contribution in [1.29, 1.82) is 0 Å². The fraction of sp³-hybridized carbons (Fsp3) is 0.250. The summed E-state index contributed by atoms with van der Waals surface area (Å²) in [7, 11) is 0. The molecule has 0 bridgehead atoms. The summed E-state index contributed by atoms with van der Waals surface area (Å²) >= 11 is 6.19. The van der Waals surface area contributed by atoms with E-state index in [0.717, 1.165) is 17.2 Å². The monoisotopic (exact) mass is 310 g/mol. The smallest absolute Gasteiger partial charge is 0.162 e. The summed E-state index contributed by atoms with van der Waals surface area (Å²) in [4.78, 5) is 0. The quantitative estimate of drug-likeness (QED) is 0.655. The Morgan fingerprint density at radius 3 is 2.52 bits per heavy atom. The predicted octanol–water partition coefficient (Wildman–Crippen LogP) is 3.54. The van der Waals surface area contributed by atoms with Crippen molar-refractivity contribution in [2.45, 2.75) is 25.8 Å². The molecule has 0 saturated heterocycles. The van der Waals surface area contributed by atoms with Gasteiger partial charge in [-0.25, -0.2) is 8.78 Å². The standard InChI is InChI=1S/C16H17ClF2N2/c1-10-5-6-11(14(17)7-10)8-13(21-20)9-12-3-2-4-15(18)16(12)19/h2-7,13,21H,8-9,20H2,1H3. The Kier molecular flexibility index (Phi) is 5.28. The summed E-state index contributed by atoms with van der Waals surface area (Å²) in [6.45, 7) is 1.95. The molecule has 5 heteroatoms. The number of hydrazine groups is 1. The van der Waals surface area contributed by atoms with E-state index < -0.39 is 11.6 Å². The van der Waals surface area contributed by atoms with Gasteiger partial charge in [-0.05, 0) is 48.6 Å². The van der Waals surface area contributed by atoms with Crippen molar-refractivity contribution in [3.05, 3.63) is 69.7 Å². The van der Waals surface area contributed by atoms with Gasteiger partial charge in [-0.15, -0.1) is 0 Å². The highest BCUT2D eigenvalue weighted by atomic mass is 35.5. The lowest BCUT2D eigenvalue weighted by Gasteiger charge is -2.17. The number of aryl methyl sites for hydroxylation is 1. The van der Waals surface area contributed by atoms with Crippen molar-refractivity contribution in [2.75, 3.05) is 0 Å². The number of rotatable bonds is 5. The lowest BCUT2D eigenvalue weighted by Crippen LogP contribution is -2.38. The van der Waals surface area contributed by atoms with Gasteiger partial charge in [0.25, 0.3) is 0 Å². The molecule has 0 amide bonds. The second-order valence-corrected chi connectivity index (χ2v) is 5.49. The van der Waals surface area contributed by atoms with Crippen molar-refractivity contribution in [2.24, 2.45) is 5.84 Å². The van der Waals surface area contributed by atoms with E-state index in [1.165, 1.54) is 6.07 Å². The van der Waals surface area contributed by atoms with Gasteiger partial charge in [0.1, 0.15) is 0 Å². The summed E-state index contributed by atoms with van der Waals surface area (Å²) in [5, 5.41) is 0.648. The second-order valence-electron chi connectivity index (χ2n) is 5.08. The average molecular weight is 311 g/mol. The molecule has 0 aliphatic rings. The minimum absolute atomic E-state index is 0.235. The van der Waals surface area contributed by atoms with E-state index in [1.54, 1.807) is 6.07 Å². The van der Waals surface area contributed by atoms with E-state index >= 15 is 0 Å². The number of benzene rings is 2. The third-order valence-electron chi connectivity index (χ3n) is 3.41. The molecule has 3 N–H and O–H groups in total. The van der Waals surface area contributed by atoms with E-state index in [2.05, 4.69) is 5.43 Å². The molecular formula is C16H17ClF2N2. The summed E-state index contributed by atoms with van der Waals surface area (Å²) in [5.74, 6) is 3.85. The average Bonchev–Trinajstić information content (AvgIpc) is 2.45. The zero-order valence-electron chi connectivity index (χ0n) is 11.7. The van der Waals surface area contributed by atoms with Crippen LogP contribution < -0.4 is 11.3 Å². The molecule has 0 radical (unpaired) electrons. The number of hydrogen-bond acceptors (Lipinski definition) is 2. The highest BCUT2D eigenvalue weighted by molar-refractivity contribution is 6.31. The van der Waals surface area contributed by atoms with Crippen molar-refractivity contribution in [3.63, 3.8) is 0 Å². The minimum Gasteiger partial charge on any atom is -0.271 e. The maximum Gasteiger partial charge on any atom is 0.162 e. The molecule has 0 spiro atoms. The highest BCUT2D eigenvalue weighted by Crippen LogP contribution is 2.21. The Morgan fingerprint density at radius 1 is 1.14 bits per heavy atom. The normalized spacial score (nSPS) is 12.4. The first kappa shape index (κ1) is 15.9. The molecule has 0 aliphatic heterocycles. The van der Waals surface area contributed by atoms with Gasteiger partial charge in [0.15, 0.2) is 11.6 Å². The van der Waals surface area contributed by atoms with Crippen LogP contribution >= 0.6 is 11.6 Å². The lowest BCUT2D eigenvalue weighted by molar-refractivity contribution is 0.474. The number of nitrogens with one attached hydrogen (secondary N) is 1. The van der Waals surface area contributed by atoms with Gasteiger partial charge in [0.05, 0.1) is 0 Å². The first-order valence-corrected chi connectivity index (χ1v) is 7.03. The van der Waals surface area contributed by atoms with E-state index in [9.17, 15) is 8.78 Å². The maximum absolute atomic E-state index is 13.7. The number of nitrogens with two attached hydrogens (primary N) is 1. The Balaban J connectivity index is 2.15. The molecule has 0 heterocycles. The zero-order chi connectivity index (χ0) is 15.4. The first-order chi connectivity index (χ1) is 10.0. The molecule has 21 heavy (non-hydrogen) atoms. The van der Waals surface area contributed by atoms with Crippen molar-refractivity contribution in [3.8, 4) is 0 Å². The third-order valence-corrected chi connectivity index (χ3v) is 3.76.